The number of anilines is 1. The maximum atomic E-state index is 5.94. The molecule has 2 N–H and O–H groups in total. The van der Waals surface area contributed by atoms with Crippen molar-refractivity contribution in [3.05, 3.63) is 46.9 Å². The lowest BCUT2D eigenvalue weighted by atomic mass is 10.0. The predicted octanol–water partition coefficient (Wildman–Crippen LogP) is 3.71. The molecule has 2 nitrogen and oxygen atoms in total. The van der Waals surface area contributed by atoms with Crippen molar-refractivity contribution in [2.75, 3.05) is 12.8 Å². The highest BCUT2D eigenvalue weighted by Gasteiger charge is 2.03. The monoisotopic (exact) mass is 277 g/mol. The second-order valence-electron chi connectivity index (χ2n) is 3.46. The van der Waals surface area contributed by atoms with E-state index >= 15 is 0 Å². The molecule has 0 aliphatic carbocycles. The van der Waals surface area contributed by atoms with Gasteiger partial charge < -0.3 is 10.5 Å². The summed E-state index contributed by atoms with van der Waals surface area (Å²) in [5.74, 6) is 0.845. The minimum atomic E-state index is 0.772. The van der Waals surface area contributed by atoms with Crippen LogP contribution in [0.3, 0.4) is 0 Å². The average Bonchev–Trinajstić information content (AvgIpc) is 2.32. The van der Waals surface area contributed by atoms with Crippen molar-refractivity contribution in [3.63, 3.8) is 0 Å². The number of hydrogen-bond acceptors (Lipinski definition) is 2. The van der Waals surface area contributed by atoms with Gasteiger partial charge in [0.1, 0.15) is 5.75 Å². The zero-order chi connectivity index (χ0) is 11.5. The summed E-state index contributed by atoms with van der Waals surface area (Å²) in [7, 11) is 1.66. The lowest BCUT2D eigenvalue weighted by molar-refractivity contribution is 0.415. The molecule has 0 atom stereocenters. The van der Waals surface area contributed by atoms with Crippen LogP contribution in [0.2, 0.25) is 0 Å². The topological polar surface area (TPSA) is 35.2 Å². The van der Waals surface area contributed by atoms with E-state index in [1.807, 2.05) is 42.5 Å². The van der Waals surface area contributed by atoms with Crippen molar-refractivity contribution >= 4 is 21.6 Å². The van der Waals surface area contributed by atoms with Gasteiger partial charge in [-0.05, 0) is 35.9 Å². The molecular weight excluding hydrogens is 266 g/mol. The van der Waals surface area contributed by atoms with Crippen molar-refractivity contribution in [2.45, 2.75) is 0 Å². The number of ether oxygens (including phenoxy) is 1. The van der Waals surface area contributed by atoms with Gasteiger partial charge in [0.15, 0.2) is 0 Å². The van der Waals surface area contributed by atoms with Gasteiger partial charge in [0, 0.05) is 15.7 Å². The standard InChI is InChI=1S/C13H12BrNO/c1-16-11-5-2-9(3-6-11)12-8-10(14)4-7-13(12)15/h2-8H,15H2,1H3. The Labute approximate surface area is 103 Å². The lowest BCUT2D eigenvalue weighted by Crippen LogP contribution is -1.90. The Balaban J connectivity index is 2.45. The molecule has 0 fully saturated rings. The first-order valence-corrected chi connectivity index (χ1v) is 5.69. The Kier molecular flexibility index (Phi) is 3.15. The normalized spacial score (nSPS) is 10.1. The number of hydrogen-bond donors (Lipinski definition) is 1. The molecule has 0 radical (unpaired) electrons. The molecule has 0 aliphatic rings. The third kappa shape index (κ3) is 2.19. The van der Waals surface area contributed by atoms with E-state index in [0.29, 0.717) is 0 Å². The molecule has 0 saturated carbocycles. The van der Waals surface area contributed by atoms with E-state index in [0.717, 1.165) is 27.0 Å². The predicted molar refractivity (Wildman–Crippen MR) is 70.5 cm³/mol. The van der Waals surface area contributed by atoms with Crippen LogP contribution in [0.5, 0.6) is 5.75 Å². The Hall–Kier alpha value is -1.48. The third-order valence-corrected chi connectivity index (χ3v) is 2.91. The lowest BCUT2D eigenvalue weighted by Gasteiger charge is -2.07. The molecule has 0 spiro atoms. The summed E-state index contributed by atoms with van der Waals surface area (Å²) in [6, 6.07) is 13.7. The number of nitrogen functional groups attached to an aromatic ring is 1. The second-order valence-corrected chi connectivity index (χ2v) is 4.38. The molecule has 0 heterocycles. The fourth-order valence-corrected chi connectivity index (χ4v) is 1.91. The van der Waals surface area contributed by atoms with Gasteiger partial charge in [-0.15, -0.1) is 0 Å². The van der Waals surface area contributed by atoms with Crippen molar-refractivity contribution in [3.8, 4) is 16.9 Å². The number of benzene rings is 2. The Bertz CT molecular complexity index is 494. The molecule has 82 valence electrons. The molecule has 0 saturated heterocycles. The molecular formula is C13H12BrNO. The maximum Gasteiger partial charge on any atom is 0.118 e. The van der Waals surface area contributed by atoms with Crippen LogP contribution in [0.1, 0.15) is 0 Å². The fraction of sp³-hybridized carbons (Fsp3) is 0.0769. The smallest absolute Gasteiger partial charge is 0.118 e. The van der Waals surface area contributed by atoms with Crippen LogP contribution in [-0.2, 0) is 0 Å². The van der Waals surface area contributed by atoms with Crippen LogP contribution in [0, 0.1) is 0 Å². The van der Waals surface area contributed by atoms with E-state index < -0.39 is 0 Å². The van der Waals surface area contributed by atoms with Gasteiger partial charge in [0.2, 0.25) is 0 Å². The van der Waals surface area contributed by atoms with Crippen molar-refractivity contribution < 1.29 is 4.74 Å². The van der Waals surface area contributed by atoms with E-state index in [2.05, 4.69) is 15.9 Å². The van der Waals surface area contributed by atoms with E-state index in [1.54, 1.807) is 7.11 Å². The van der Waals surface area contributed by atoms with Crippen LogP contribution in [0.25, 0.3) is 11.1 Å². The number of rotatable bonds is 2. The average molecular weight is 278 g/mol. The Morgan fingerprint density at radius 2 is 1.75 bits per heavy atom. The zero-order valence-electron chi connectivity index (χ0n) is 8.91. The van der Waals surface area contributed by atoms with E-state index in [4.69, 9.17) is 10.5 Å². The number of halogens is 1. The highest BCUT2D eigenvalue weighted by Crippen LogP contribution is 2.29. The molecule has 3 heteroatoms. The molecule has 0 aromatic heterocycles. The summed E-state index contributed by atoms with van der Waals surface area (Å²) >= 11 is 3.44. The quantitative estimate of drug-likeness (QED) is 0.850. The summed E-state index contributed by atoms with van der Waals surface area (Å²) in [5.41, 5.74) is 8.82. The first kappa shape index (κ1) is 11.0. The van der Waals surface area contributed by atoms with Crippen LogP contribution in [0.15, 0.2) is 46.9 Å². The van der Waals surface area contributed by atoms with Crippen molar-refractivity contribution in [1.82, 2.24) is 0 Å². The first-order valence-electron chi connectivity index (χ1n) is 4.90. The fourth-order valence-electron chi connectivity index (χ4n) is 1.55. The molecule has 2 aromatic carbocycles. The molecule has 0 bridgehead atoms. The summed E-state index contributed by atoms with van der Waals surface area (Å²) in [5, 5.41) is 0. The first-order chi connectivity index (χ1) is 7.70. The van der Waals surface area contributed by atoms with Gasteiger partial charge in [0.05, 0.1) is 7.11 Å². The van der Waals surface area contributed by atoms with Crippen LogP contribution in [-0.4, -0.2) is 7.11 Å². The summed E-state index contributed by atoms with van der Waals surface area (Å²) in [6.45, 7) is 0. The van der Waals surface area contributed by atoms with Crippen LogP contribution < -0.4 is 10.5 Å². The highest BCUT2D eigenvalue weighted by molar-refractivity contribution is 9.10. The SMILES string of the molecule is COc1ccc(-c2cc(Br)ccc2N)cc1. The Morgan fingerprint density at radius 3 is 2.38 bits per heavy atom. The molecule has 0 unspecified atom stereocenters. The minimum absolute atomic E-state index is 0.772. The van der Waals surface area contributed by atoms with Crippen molar-refractivity contribution in [1.29, 1.82) is 0 Å². The van der Waals surface area contributed by atoms with Gasteiger partial charge in [-0.25, -0.2) is 0 Å². The largest absolute Gasteiger partial charge is 0.497 e. The molecule has 2 rings (SSSR count). The van der Waals surface area contributed by atoms with E-state index in [1.165, 1.54) is 0 Å². The van der Waals surface area contributed by atoms with Gasteiger partial charge in [0.25, 0.3) is 0 Å². The molecule has 16 heavy (non-hydrogen) atoms. The number of nitrogens with two attached hydrogens (primary N) is 1. The van der Waals surface area contributed by atoms with Gasteiger partial charge in [-0.3, -0.25) is 0 Å². The van der Waals surface area contributed by atoms with Crippen molar-refractivity contribution in [2.24, 2.45) is 0 Å². The van der Waals surface area contributed by atoms with E-state index in [-0.39, 0.29) is 0 Å². The summed E-state index contributed by atoms with van der Waals surface area (Å²) < 4.78 is 6.14. The summed E-state index contributed by atoms with van der Waals surface area (Å²) in [4.78, 5) is 0. The maximum absolute atomic E-state index is 5.94. The third-order valence-electron chi connectivity index (χ3n) is 2.42. The Morgan fingerprint density at radius 1 is 1.06 bits per heavy atom. The van der Waals surface area contributed by atoms with E-state index in [9.17, 15) is 0 Å². The van der Waals surface area contributed by atoms with Gasteiger partial charge in [-0.2, -0.15) is 0 Å². The van der Waals surface area contributed by atoms with Gasteiger partial charge in [-0.1, -0.05) is 28.1 Å². The molecule has 0 aliphatic heterocycles. The summed E-state index contributed by atoms with van der Waals surface area (Å²) in [6.07, 6.45) is 0. The zero-order valence-corrected chi connectivity index (χ0v) is 10.5. The molecule has 2 aromatic rings. The second kappa shape index (κ2) is 4.58. The van der Waals surface area contributed by atoms with Crippen LogP contribution >= 0.6 is 15.9 Å². The number of methoxy groups -OCH3 is 1. The minimum Gasteiger partial charge on any atom is -0.497 e. The van der Waals surface area contributed by atoms with Gasteiger partial charge >= 0.3 is 0 Å². The van der Waals surface area contributed by atoms with Crippen LogP contribution in [0.4, 0.5) is 5.69 Å². The highest BCUT2D eigenvalue weighted by atomic mass is 79.9. The molecule has 0 amide bonds.